The van der Waals surface area contributed by atoms with E-state index in [0.29, 0.717) is 5.69 Å². The van der Waals surface area contributed by atoms with E-state index in [2.05, 4.69) is 10.3 Å². The fraction of sp³-hybridized carbons (Fsp3) is 0.231. The van der Waals surface area contributed by atoms with E-state index in [4.69, 9.17) is 5.11 Å². The molecule has 21 heavy (non-hydrogen) atoms. The molecule has 2 rings (SSSR count). The van der Waals surface area contributed by atoms with E-state index in [0.717, 1.165) is 9.88 Å². The molecule has 0 saturated carbocycles. The maximum atomic E-state index is 11.0. The first-order valence-electron chi connectivity index (χ1n) is 6.09. The highest BCUT2D eigenvalue weighted by Gasteiger charge is 2.20. The molecule has 0 aliphatic carbocycles. The molecule has 0 spiro atoms. The normalized spacial score (nSPS) is 11.9. The van der Waals surface area contributed by atoms with Crippen LogP contribution in [0.15, 0.2) is 24.4 Å². The molecule has 0 amide bonds. The van der Waals surface area contributed by atoms with E-state index in [9.17, 15) is 14.9 Å². The van der Waals surface area contributed by atoms with E-state index in [-0.39, 0.29) is 11.6 Å². The van der Waals surface area contributed by atoms with E-state index in [1.165, 1.54) is 29.5 Å². The number of anilines is 1. The summed E-state index contributed by atoms with van der Waals surface area (Å²) in [6.07, 6.45) is 1.76. The Morgan fingerprint density at radius 3 is 2.76 bits per heavy atom. The molecule has 1 aromatic carbocycles. The third-order valence-corrected chi connectivity index (χ3v) is 3.91. The third kappa shape index (κ3) is 3.34. The molecule has 0 bridgehead atoms. The van der Waals surface area contributed by atoms with Gasteiger partial charge in [-0.15, -0.1) is 11.3 Å². The number of aromatic nitrogens is 1. The van der Waals surface area contributed by atoms with Crippen LogP contribution in [0.4, 0.5) is 11.4 Å². The minimum atomic E-state index is -1.32. The number of aromatic carboxylic acids is 1. The van der Waals surface area contributed by atoms with Crippen molar-refractivity contribution in [3.05, 3.63) is 50.0 Å². The van der Waals surface area contributed by atoms with Gasteiger partial charge in [-0.25, -0.2) is 9.78 Å². The number of aryl methyl sites for hydroxylation is 1. The third-order valence-electron chi connectivity index (χ3n) is 2.82. The molecule has 2 aromatic rings. The maximum absolute atomic E-state index is 11.0. The van der Waals surface area contributed by atoms with Gasteiger partial charge in [-0.1, -0.05) is 0 Å². The lowest BCUT2D eigenvalue weighted by molar-refractivity contribution is -0.385. The second-order valence-corrected chi connectivity index (χ2v) is 5.74. The molecular formula is C13H13N3O4S. The number of carboxylic acid groups (broad SMARTS) is 1. The lowest BCUT2D eigenvalue weighted by Crippen LogP contribution is -2.08. The molecule has 8 heteroatoms. The highest BCUT2D eigenvalue weighted by Crippen LogP contribution is 2.27. The van der Waals surface area contributed by atoms with Crippen LogP contribution in [0, 0.1) is 17.0 Å². The smallest absolute Gasteiger partial charge is 0.342 e. The summed E-state index contributed by atoms with van der Waals surface area (Å²) in [4.78, 5) is 26.5. The van der Waals surface area contributed by atoms with E-state index in [1.807, 2.05) is 13.8 Å². The van der Waals surface area contributed by atoms with Crippen LogP contribution in [0.1, 0.15) is 33.2 Å². The highest BCUT2D eigenvalue weighted by molar-refractivity contribution is 7.11. The second kappa shape index (κ2) is 5.88. The number of thiazole rings is 1. The zero-order chi connectivity index (χ0) is 15.6. The Morgan fingerprint density at radius 2 is 2.24 bits per heavy atom. The Labute approximate surface area is 124 Å². The maximum Gasteiger partial charge on any atom is 0.342 e. The number of nitro groups is 1. The van der Waals surface area contributed by atoms with Crippen molar-refractivity contribution >= 4 is 28.7 Å². The van der Waals surface area contributed by atoms with Gasteiger partial charge < -0.3 is 10.4 Å². The average molecular weight is 307 g/mol. The number of carboxylic acids is 1. The highest BCUT2D eigenvalue weighted by atomic mass is 32.1. The number of rotatable bonds is 5. The Kier molecular flexibility index (Phi) is 4.18. The van der Waals surface area contributed by atoms with Gasteiger partial charge in [0.25, 0.3) is 5.69 Å². The Morgan fingerprint density at radius 1 is 1.52 bits per heavy atom. The summed E-state index contributed by atoms with van der Waals surface area (Å²) in [6.45, 7) is 3.83. The average Bonchev–Trinajstić information content (AvgIpc) is 2.85. The lowest BCUT2D eigenvalue weighted by Gasteiger charge is -2.13. The molecule has 0 radical (unpaired) electrons. The van der Waals surface area contributed by atoms with Crippen molar-refractivity contribution in [1.29, 1.82) is 0 Å². The molecule has 0 aliphatic rings. The predicted molar refractivity (Wildman–Crippen MR) is 78.9 cm³/mol. The number of nitro benzene ring substituents is 1. The van der Waals surface area contributed by atoms with Crippen molar-refractivity contribution in [2.75, 3.05) is 5.32 Å². The molecule has 0 saturated heterocycles. The van der Waals surface area contributed by atoms with Gasteiger partial charge in [0.05, 0.1) is 11.0 Å². The number of nitrogens with zero attached hydrogens (tertiary/aromatic N) is 2. The first-order chi connectivity index (χ1) is 9.88. The molecule has 1 atom stereocenters. The summed E-state index contributed by atoms with van der Waals surface area (Å²) >= 11 is 1.53. The molecule has 2 N–H and O–H groups in total. The van der Waals surface area contributed by atoms with Crippen molar-refractivity contribution in [3.63, 3.8) is 0 Å². The molecule has 110 valence electrons. The molecule has 0 aliphatic heterocycles. The van der Waals surface area contributed by atoms with Crippen molar-refractivity contribution < 1.29 is 14.8 Å². The Bertz CT molecular complexity index is 698. The van der Waals surface area contributed by atoms with Crippen LogP contribution in [0.2, 0.25) is 0 Å². The van der Waals surface area contributed by atoms with Gasteiger partial charge in [0.2, 0.25) is 0 Å². The molecule has 0 fully saturated rings. The van der Waals surface area contributed by atoms with Crippen LogP contribution < -0.4 is 5.32 Å². The second-order valence-electron chi connectivity index (χ2n) is 4.47. The van der Waals surface area contributed by atoms with Crippen LogP contribution in [-0.4, -0.2) is 21.0 Å². The summed E-state index contributed by atoms with van der Waals surface area (Å²) in [5.41, 5.74) is -0.287. The summed E-state index contributed by atoms with van der Waals surface area (Å²) in [6, 6.07) is 3.83. The topological polar surface area (TPSA) is 105 Å². The first kappa shape index (κ1) is 14.9. The van der Waals surface area contributed by atoms with Gasteiger partial charge in [-0.2, -0.15) is 0 Å². The zero-order valence-corrected chi connectivity index (χ0v) is 12.2. The molecule has 1 aromatic heterocycles. The first-order valence-corrected chi connectivity index (χ1v) is 6.90. The Balaban J connectivity index is 2.27. The minimum Gasteiger partial charge on any atom is -0.477 e. The molecular weight excluding hydrogens is 294 g/mol. The zero-order valence-electron chi connectivity index (χ0n) is 11.4. The minimum absolute atomic E-state index is 0.126. The van der Waals surface area contributed by atoms with Crippen molar-refractivity contribution in [2.24, 2.45) is 0 Å². The summed E-state index contributed by atoms with van der Waals surface area (Å²) < 4.78 is 0. The molecule has 1 unspecified atom stereocenters. The number of hydrogen-bond donors (Lipinski definition) is 2. The fourth-order valence-electron chi connectivity index (χ4n) is 1.84. The lowest BCUT2D eigenvalue weighted by atomic mass is 10.1. The SMILES string of the molecule is Cc1cnc(C(C)Nc2ccc(C(=O)O)c([N+](=O)[O-])c2)s1. The quantitative estimate of drug-likeness (QED) is 0.649. The van der Waals surface area contributed by atoms with E-state index >= 15 is 0 Å². The summed E-state index contributed by atoms with van der Waals surface area (Å²) in [7, 11) is 0. The van der Waals surface area contributed by atoms with Crippen molar-refractivity contribution in [2.45, 2.75) is 19.9 Å². The van der Waals surface area contributed by atoms with Gasteiger partial charge in [-0.05, 0) is 26.0 Å². The van der Waals surface area contributed by atoms with Gasteiger partial charge in [-0.3, -0.25) is 10.1 Å². The summed E-state index contributed by atoms with van der Waals surface area (Å²) in [5.74, 6) is -1.32. The van der Waals surface area contributed by atoms with E-state index in [1.54, 1.807) is 6.20 Å². The number of benzene rings is 1. The van der Waals surface area contributed by atoms with Gasteiger partial charge >= 0.3 is 5.97 Å². The van der Waals surface area contributed by atoms with Crippen LogP contribution >= 0.6 is 11.3 Å². The van der Waals surface area contributed by atoms with Crippen LogP contribution in [0.25, 0.3) is 0 Å². The van der Waals surface area contributed by atoms with Crippen molar-refractivity contribution in [3.8, 4) is 0 Å². The van der Waals surface area contributed by atoms with Crippen LogP contribution in [-0.2, 0) is 0 Å². The predicted octanol–water partition coefficient (Wildman–Crippen LogP) is 3.23. The van der Waals surface area contributed by atoms with Gasteiger partial charge in [0.1, 0.15) is 10.6 Å². The van der Waals surface area contributed by atoms with E-state index < -0.39 is 16.6 Å². The number of hydrogen-bond acceptors (Lipinski definition) is 6. The molecule has 7 nitrogen and oxygen atoms in total. The number of carbonyl (C=O) groups is 1. The Hall–Kier alpha value is -2.48. The fourth-order valence-corrected chi connectivity index (χ4v) is 2.61. The van der Waals surface area contributed by atoms with Crippen LogP contribution in [0.5, 0.6) is 0 Å². The van der Waals surface area contributed by atoms with Crippen LogP contribution in [0.3, 0.4) is 0 Å². The monoisotopic (exact) mass is 307 g/mol. The summed E-state index contributed by atoms with van der Waals surface area (Å²) in [5, 5.41) is 23.8. The van der Waals surface area contributed by atoms with Crippen molar-refractivity contribution in [1.82, 2.24) is 4.98 Å². The standard InChI is InChI=1S/C13H13N3O4S/c1-7-6-14-12(21-7)8(2)15-9-3-4-10(13(17)18)11(5-9)16(19)20/h3-6,8,15H,1-2H3,(H,17,18). The number of nitrogens with one attached hydrogen (secondary N) is 1. The molecule has 1 heterocycles. The van der Waals surface area contributed by atoms with Gasteiger partial charge in [0.15, 0.2) is 0 Å². The van der Waals surface area contributed by atoms with Gasteiger partial charge in [0, 0.05) is 22.8 Å². The largest absolute Gasteiger partial charge is 0.477 e.